The molecule has 0 amide bonds. The van der Waals surface area contributed by atoms with Crippen molar-refractivity contribution in [3.63, 3.8) is 0 Å². The van der Waals surface area contributed by atoms with Crippen LogP contribution in [0.15, 0.2) is 33.6 Å². The molecule has 19 heavy (non-hydrogen) atoms. The summed E-state index contributed by atoms with van der Waals surface area (Å²) in [6.07, 6.45) is 1.98. The highest BCUT2D eigenvalue weighted by atomic mass is 79.9. The molecule has 3 N–H and O–H groups in total. The van der Waals surface area contributed by atoms with E-state index >= 15 is 0 Å². The molecule has 0 spiro atoms. The monoisotopic (exact) mass is 346 g/mol. The highest BCUT2D eigenvalue weighted by Gasteiger charge is 2.19. The summed E-state index contributed by atoms with van der Waals surface area (Å²) in [4.78, 5) is 1.24. The summed E-state index contributed by atoms with van der Waals surface area (Å²) < 4.78 is 6.56. The van der Waals surface area contributed by atoms with Crippen molar-refractivity contribution in [2.75, 3.05) is 12.9 Å². The number of hydrazine groups is 1. The molecule has 0 aliphatic carbocycles. The van der Waals surface area contributed by atoms with Gasteiger partial charge in [0.25, 0.3) is 0 Å². The molecule has 5 heteroatoms. The molecule has 0 radical (unpaired) electrons. The molecule has 0 saturated heterocycles. The van der Waals surface area contributed by atoms with Gasteiger partial charge in [0, 0.05) is 28.3 Å². The van der Waals surface area contributed by atoms with Crippen LogP contribution >= 0.6 is 27.7 Å². The Morgan fingerprint density at radius 2 is 2.11 bits per heavy atom. The Labute approximate surface area is 128 Å². The fraction of sp³-hybridized carbons (Fsp3) is 0.571. The quantitative estimate of drug-likeness (QED) is 0.429. The summed E-state index contributed by atoms with van der Waals surface area (Å²) in [5.74, 6) is 6.57. The van der Waals surface area contributed by atoms with Crippen LogP contribution in [0.3, 0.4) is 0 Å². The standard InChI is InChI=1S/C14H23BrN2OS/c1-14(2,18-3)9-8-11(17-16)10-19-13-7-5-4-6-12(13)15/h4-7,11,17H,8-10,16H2,1-3H3. The Morgan fingerprint density at radius 3 is 2.68 bits per heavy atom. The van der Waals surface area contributed by atoms with Crippen molar-refractivity contribution in [2.45, 2.75) is 43.2 Å². The first-order chi connectivity index (χ1) is 8.98. The Hall–Kier alpha value is -0.0700. The van der Waals surface area contributed by atoms with Gasteiger partial charge in [-0.05, 0) is 54.8 Å². The maximum Gasteiger partial charge on any atom is 0.0623 e. The van der Waals surface area contributed by atoms with E-state index in [1.807, 2.05) is 23.9 Å². The molecule has 0 saturated carbocycles. The predicted molar refractivity (Wildman–Crippen MR) is 86.3 cm³/mol. The molecule has 0 aromatic heterocycles. The van der Waals surface area contributed by atoms with E-state index in [9.17, 15) is 0 Å². The third-order valence-electron chi connectivity index (χ3n) is 3.16. The van der Waals surface area contributed by atoms with E-state index in [-0.39, 0.29) is 11.6 Å². The molecule has 1 rings (SSSR count). The molecule has 0 fully saturated rings. The molecule has 1 aromatic rings. The number of halogens is 1. The Balaban J connectivity index is 2.43. The van der Waals surface area contributed by atoms with Crippen LogP contribution in [0.25, 0.3) is 0 Å². The molecule has 1 atom stereocenters. The third kappa shape index (κ3) is 6.27. The molecule has 1 aromatic carbocycles. The van der Waals surface area contributed by atoms with Crippen molar-refractivity contribution >= 4 is 27.7 Å². The van der Waals surface area contributed by atoms with Crippen molar-refractivity contribution in [3.8, 4) is 0 Å². The average molecular weight is 347 g/mol. The van der Waals surface area contributed by atoms with Gasteiger partial charge in [-0.3, -0.25) is 11.3 Å². The average Bonchev–Trinajstić information content (AvgIpc) is 2.41. The minimum absolute atomic E-state index is 0.0902. The lowest BCUT2D eigenvalue weighted by molar-refractivity contribution is 0.0122. The van der Waals surface area contributed by atoms with E-state index in [0.717, 1.165) is 23.1 Å². The maximum atomic E-state index is 5.63. The van der Waals surface area contributed by atoms with Gasteiger partial charge in [0.05, 0.1) is 5.60 Å². The summed E-state index contributed by atoms with van der Waals surface area (Å²) in [6, 6.07) is 8.52. The Kier molecular flexibility index (Phi) is 7.39. The van der Waals surface area contributed by atoms with Gasteiger partial charge in [-0.25, -0.2) is 0 Å². The zero-order valence-electron chi connectivity index (χ0n) is 11.8. The zero-order chi connectivity index (χ0) is 14.3. The molecule has 108 valence electrons. The number of benzene rings is 1. The Bertz CT molecular complexity index is 387. The number of nitrogens with two attached hydrogens (primary N) is 1. The molecule has 3 nitrogen and oxygen atoms in total. The molecule has 1 unspecified atom stereocenters. The van der Waals surface area contributed by atoms with E-state index in [2.05, 4.69) is 47.3 Å². The predicted octanol–water partition coefficient (Wildman–Crippen LogP) is 3.58. The second kappa shape index (κ2) is 8.27. The van der Waals surface area contributed by atoms with Gasteiger partial charge in [0.15, 0.2) is 0 Å². The van der Waals surface area contributed by atoms with Crippen molar-refractivity contribution < 1.29 is 4.74 Å². The first kappa shape index (κ1) is 17.0. The van der Waals surface area contributed by atoms with E-state index in [1.54, 1.807) is 7.11 Å². The van der Waals surface area contributed by atoms with Crippen LogP contribution in [-0.2, 0) is 4.74 Å². The molecule has 0 heterocycles. The van der Waals surface area contributed by atoms with E-state index in [1.165, 1.54) is 4.90 Å². The lowest BCUT2D eigenvalue weighted by Gasteiger charge is -2.25. The number of thioether (sulfide) groups is 1. The van der Waals surface area contributed by atoms with E-state index in [0.29, 0.717) is 0 Å². The number of ether oxygens (including phenoxy) is 1. The lowest BCUT2D eigenvalue weighted by atomic mass is 10.00. The number of methoxy groups -OCH3 is 1. The highest BCUT2D eigenvalue weighted by Crippen LogP contribution is 2.28. The molecular formula is C14H23BrN2OS. The van der Waals surface area contributed by atoms with Crippen LogP contribution in [0.1, 0.15) is 26.7 Å². The number of hydrogen-bond acceptors (Lipinski definition) is 4. The number of hydrogen-bond donors (Lipinski definition) is 2. The molecule has 0 bridgehead atoms. The normalized spacial score (nSPS) is 13.5. The molecule has 0 aliphatic rings. The van der Waals surface area contributed by atoms with Gasteiger partial charge in [0.1, 0.15) is 0 Å². The summed E-state index contributed by atoms with van der Waals surface area (Å²) in [5.41, 5.74) is 2.81. The smallest absolute Gasteiger partial charge is 0.0623 e. The summed E-state index contributed by atoms with van der Waals surface area (Å²) in [6.45, 7) is 4.20. The summed E-state index contributed by atoms with van der Waals surface area (Å²) >= 11 is 5.37. The maximum absolute atomic E-state index is 5.63. The van der Waals surface area contributed by atoms with E-state index in [4.69, 9.17) is 10.6 Å². The van der Waals surface area contributed by atoms with Crippen LogP contribution in [-0.4, -0.2) is 24.5 Å². The third-order valence-corrected chi connectivity index (χ3v) is 5.35. The topological polar surface area (TPSA) is 47.3 Å². The van der Waals surface area contributed by atoms with Crippen LogP contribution in [0, 0.1) is 0 Å². The van der Waals surface area contributed by atoms with Crippen molar-refractivity contribution in [3.05, 3.63) is 28.7 Å². The van der Waals surface area contributed by atoms with Gasteiger partial charge < -0.3 is 4.74 Å². The van der Waals surface area contributed by atoms with Crippen LogP contribution in [0.2, 0.25) is 0 Å². The van der Waals surface area contributed by atoms with Crippen LogP contribution in [0.4, 0.5) is 0 Å². The highest BCUT2D eigenvalue weighted by molar-refractivity contribution is 9.10. The van der Waals surface area contributed by atoms with Crippen LogP contribution < -0.4 is 11.3 Å². The van der Waals surface area contributed by atoms with Crippen molar-refractivity contribution in [2.24, 2.45) is 5.84 Å². The summed E-state index contributed by atoms with van der Waals surface area (Å²) in [7, 11) is 1.75. The Morgan fingerprint density at radius 1 is 1.42 bits per heavy atom. The zero-order valence-corrected chi connectivity index (χ0v) is 14.2. The SMILES string of the molecule is COC(C)(C)CCC(CSc1ccccc1Br)NN. The van der Waals surface area contributed by atoms with Gasteiger partial charge in [-0.1, -0.05) is 12.1 Å². The minimum atomic E-state index is -0.0902. The fourth-order valence-corrected chi connectivity index (χ4v) is 3.24. The fourth-order valence-electron chi connectivity index (χ4n) is 1.59. The van der Waals surface area contributed by atoms with Gasteiger partial charge >= 0.3 is 0 Å². The number of rotatable bonds is 8. The largest absolute Gasteiger partial charge is 0.379 e. The van der Waals surface area contributed by atoms with Gasteiger partial charge in [-0.2, -0.15) is 0 Å². The van der Waals surface area contributed by atoms with E-state index < -0.39 is 0 Å². The second-order valence-electron chi connectivity index (χ2n) is 5.11. The first-order valence-electron chi connectivity index (χ1n) is 6.37. The first-order valence-corrected chi connectivity index (χ1v) is 8.15. The number of nitrogens with one attached hydrogen (secondary N) is 1. The van der Waals surface area contributed by atoms with Crippen molar-refractivity contribution in [1.29, 1.82) is 0 Å². The second-order valence-corrected chi connectivity index (χ2v) is 7.02. The molecular weight excluding hydrogens is 324 g/mol. The van der Waals surface area contributed by atoms with Crippen LogP contribution in [0.5, 0.6) is 0 Å². The molecule has 0 aliphatic heterocycles. The van der Waals surface area contributed by atoms with Gasteiger partial charge in [-0.15, -0.1) is 11.8 Å². The van der Waals surface area contributed by atoms with Crippen molar-refractivity contribution in [1.82, 2.24) is 5.43 Å². The van der Waals surface area contributed by atoms with Gasteiger partial charge in [0.2, 0.25) is 0 Å². The lowest BCUT2D eigenvalue weighted by Crippen LogP contribution is -2.38. The summed E-state index contributed by atoms with van der Waals surface area (Å²) in [5, 5.41) is 0. The minimum Gasteiger partial charge on any atom is -0.379 e.